The summed E-state index contributed by atoms with van der Waals surface area (Å²) < 4.78 is 0. The van der Waals surface area contributed by atoms with Gasteiger partial charge in [0.15, 0.2) is 0 Å². The molecule has 0 amide bonds. The highest BCUT2D eigenvalue weighted by atomic mass is 15.1. The van der Waals surface area contributed by atoms with Crippen LogP contribution in [-0.4, -0.2) is 16.5 Å². The Balaban J connectivity index is 3.00. The van der Waals surface area contributed by atoms with Gasteiger partial charge in [-0.1, -0.05) is 13.8 Å². The summed E-state index contributed by atoms with van der Waals surface area (Å²) in [6, 6.07) is 1.96. The van der Waals surface area contributed by atoms with Gasteiger partial charge in [0.25, 0.3) is 0 Å². The molecule has 0 fully saturated rings. The van der Waals surface area contributed by atoms with E-state index in [2.05, 4.69) is 29.1 Å². The molecule has 0 atom stereocenters. The van der Waals surface area contributed by atoms with Crippen LogP contribution in [0.5, 0.6) is 0 Å². The first-order valence-corrected chi connectivity index (χ1v) is 4.99. The molecule has 4 nitrogen and oxygen atoms in total. The van der Waals surface area contributed by atoms with E-state index in [1.54, 1.807) is 0 Å². The van der Waals surface area contributed by atoms with Gasteiger partial charge in [-0.05, 0) is 18.9 Å². The summed E-state index contributed by atoms with van der Waals surface area (Å²) in [5, 5.41) is 3.10. The van der Waals surface area contributed by atoms with E-state index >= 15 is 0 Å². The standard InChI is InChI=1S/C10H18N4/c1-4-12-10-13-8(6-11)5-9(14-10)7(2)3/h5,7H,4,6,11H2,1-3H3,(H,12,13,14). The van der Waals surface area contributed by atoms with Gasteiger partial charge in [0, 0.05) is 18.8 Å². The molecule has 14 heavy (non-hydrogen) atoms. The number of hydrogen-bond donors (Lipinski definition) is 2. The van der Waals surface area contributed by atoms with Crippen LogP contribution < -0.4 is 11.1 Å². The highest BCUT2D eigenvalue weighted by molar-refractivity contribution is 5.29. The topological polar surface area (TPSA) is 63.8 Å². The average Bonchev–Trinajstić information content (AvgIpc) is 2.17. The van der Waals surface area contributed by atoms with Crippen LogP contribution in [0.25, 0.3) is 0 Å². The summed E-state index contributed by atoms with van der Waals surface area (Å²) in [5.41, 5.74) is 7.49. The number of anilines is 1. The van der Waals surface area contributed by atoms with Gasteiger partial charge < -0.3 is 11.1 Å². The molecule has 1 aromatic heterocycles. The predicted molar refractivity (Wildman–Crippen MR) is 58.2 cm³/mol. The first-order valence-electron chi connectivity index (χ1n) is 4.99. The third-order valence-electron chi connectivity index (χ3n) is 1.93. The van der Waals surface area contributed by atoms with E-state index in [0.717, 1.165) is 17.9 Å². The molecular formula is C10H18N4. The lowest BCUT2D eigenvalue weighted by atomic mass is 10.1. The predicted octanol–water partition coefficient (Wildman–Crippen LogP) is 1.49. The fourth-order valence-electron chi connectivity index (χ4n) is 1.16. The van der Waals surface area contributed by atoms with Crippen molar-refractivity contribution in [2.24, 2.45) is 5.73 Å². The van der Waals surface area contributed by atoms with Gasteiger partial charge >= 0.3 is 0 Å². The van der Waals surface area contributed by atoms with Gasteiger partial charge in [-0.2, -0.15) is 0 Å². The maximum atomic E-state index is 5.57. The molecule has 0 aliphatic carbocycles. The highest BCUT2D eigenvalue weighted by Gasteiger charge is 2.05. The second-order valence-corrected chi connectivity index (χ2v) is 3.50. The second kappa shape index (κ2) is 4.91. The van der Waals surface area contributed by atoms with Crippen molar-refractivity contribution >= 4 is 5.95 Å². The lowest BCUT2D eigenvalue weighted by Gasteiger charge is -2.09. The minimum atomic E-state index is 0.403. The van der Waals surface area contributed by atoms with Crippen LogP contribution in [0.3, 0.4) is 0 Å². The molecule has 0 aromatic carbocycles. The van der Waals surface area contributed by atoms with E-state index in [1.165, 1.54) is 0 Å². The second-order valence-electron chi connectivity index (χ2n) is 3.50. The molecule has 0 aliphatic rings. The molecule has 0 saturated heterocycles. The van der Waals surface area contributed by atoms with Gasteiger partial charge in [-0.3, -0.25) is 0 Å². The van der Waals surface area contributed by atoms with Crippen LogP contribution in [0.4, 0.5) is 5.95 Å². The Morgan fingerprint density at radius 2 is 2.14 bits per heavy atom. The number of nitrogens with one attached hydrogen (secondary N) is 1. The van der Waals surface area contributed by atoms with Crippen LogP contribution in [0.1, 0.15) is 38.1 Å². The summed E-state index contributed by atoms with van der Waals surface area (Å²) in [5.74, 6) is 1.08. The Labute approximate surface area is 85.0 Å². The van der Waals surface area contributed by atoms with Gasteiger partial charge in [-0.15, -0.1) is 0 Å². The third-order valence-corrected chi connectivity index (χ3v) is 1.93. The normalized spacial score (nSPS) is 10.6. The third kappa shape index (κ3) is 2.67. The van der Waals surface area contributed by atoms with E-state index < -0.39 is 0 Å². The Morgan fingerprint density at radius 3 is 2.64 bits per heavy atom. The Kier molecular flexibility index (Phi) is 3.83. The Bertz CT molecular complexity index is 296. The minimum absolute atomic E-state index is 0.403. The van der Waals surface area contributed by atoms with Crippen molar-refractivity contribution in [3.05, 3.63) is 17.5 Å². The lowest BCUT2D eigenvalue weighted by Crippen LogP contribution is -2.09. The molecule has 78 valence electrons. The average molecular weight is 194 g/mol. The highest BCUT2D eigenvalue weighted by Crippen LogP contribution is 2.14. The Hall–Kier alpha value is -1.16. The number of nitrogens with zero attached hydrogens (tertiary/aromatic N) is 2. The zero-order chi connectivity index (χ0) is 10.6. The minimum Gasteiger partial charge on any atom is -0.354 e. The van der Waals surface area contributed by atoms with E-state index in [-0.39, 0.29) is 0 Å². The molecule has 0 bridgehead atoms. The number of nitrogens with two attached hydrogens (primary N) is 1. The molecule has 0 aliphatic heterocycles. The first kappa shape index (κ1) is 10.9. The van der Waals surface area contributed by atoms with E-state index in [0.29, 0.717) is 18.4 Å². The van der Waals surface area contributed by atoms with Crippen molar-refractivity contribution < 1.29 is 0 Å². The molecule has 1 aromatic rings. The van der Waals surface area contributed by atoms with Gasteiger partial charge in [0.1, 0.15) is 0 Å². The summed E-state index contributed by atoms with van der Waals surface area (Å²) in [7, 11) is 0. The maximum Gasteiger partial charge on any atom is 0.223 e. The van der Waals surface area contributed by atoms with Crippen LogP contribution in [0, 0.1) is 0 Å². The van der Waals surface area contributed by atoms with Crippen molar-refractivity contribution in [1.82, 2.24) is 9.97 Å². The number of hydrogen-bond acceptors (Lipinski definition) is 4. The van der Waals surface area contributed by atoms with Crippen LogP contribution in [0.15, 0.2) is 6.07 Å². The van der Waals surface area contributed by atoms with Crippen molar-refractivity contribution in [3.63, 3.8) is 0 Å². The maximum absolute atomic E-state index is 5.57. The van der Waals surface area contributed by atoms with E-state index in [4.69, 9.17) is 5.73 Å². The van der Waals surface area contributed by atoms with Gasteiger partial charge in [-0.25, -0.2) is 9.97 Å². The van der Waals surface area contributed by atoms with Crippen LogP contribution in [0.2, 0.25) is 0 Å². The molecule has 0 radical (unpaired) electrons. The summed E-state index contributed by atoms with van der Waals surface area (Å²) in [6.45, 7) is 7.52. The summed E-state index contributed by atoms with van der Waals surface area (Å²) in [4.78, 5) is 8.67. The smallest absolute Gasteiger partial charge is 0.223 e. The molecule has 4 heteroatoms. The molecule has 0 unspecified atom stereocenters. The molecule has 0 spiro atoms. The fraction of sp³-hybridized carbons (Fsp3) is 0.600. The fourth-order valence-corrected chi connectivity index (χ4v) is 1.16. The molecular weight excluding hydrogens is 176 g/mol. The number of rotatable bonds is 4. The van der Waals surface area contributed by atoms with Crippen molar-refractivity contribution in [3.8, 4) is 0 Å². The van der Waals surface area contributed by atoms with Crippen molar-refractivity contribution in [1.29, 1.82) is 0 Å². The lowest BCUT2D eigenvalue weighted by molar-refractivity contribution is 0.801. The summed E-state index contributed by atoms with van der Waals surface area (Å²) in [6.07, 6.45) is 0. The largest absolute Gasteiger partial charge is 0.354 e. The SMILES string of the molecule is CCNc1nc(CN)cc(C(C)C)n1. The van der Waals surface area contributed by atoms with E-state index in [1.807, 2.05) is 13.0 Å². The molecule has 1 rings (SSSR count). The number of aromatic nitrogens is 2. The molecule has 0 saturated carbocycles. The zero-order valence-electron chi connectivity index (χ0n) is 9.04. The molecule has 3 N–H and O–H groups in total. The van der Waals surface area contributed by atoms with Crippen LogP contribution >= 0.6 is 0 Å². The monoisotopic (exact) mass is 194 g/mol. The van der Waals surface area contributed by atoms with Crippen LogP contribution in [-0.2, 0) is 6.54 Å². The first-order chi connectivity index (χ1) is 6.67. The summed E-state index contributed by atoms with van der Waals surface area (Å²) >= 11 is 0. The molecule has 1 heterocycles. The van der Waals surface area contributed by atoms with E-state index in [9.17, 15) is 0 Å². The van der Waals surface area contributed by atoms with Gasteiger partial charge in [0.2, 0.25) is 5.95 Å². The van der Waals surface area contributed by atoms with Crippen molar-refractivity contribution in [2.45, 2.75) is 33.2 Å². The quantitative estimate of drug-likeness (QED) is 0.762. The van der Waals surface area contributed by atoms with Gasteiger partial charge in [0.05, 0.1) is 5.69 Å². The Morgan fingerprint density at radius 1 is 1.43 bits per heavy atom. The van der Waals surface area contributed by atoms with Crippen molar-refractivity contribution in [2.75, 3.05) is 11.9 Å². The zero-order valence-corrected chi connectivity index (χ0v) is 9.04.